The molecule has 0 aliphatic carbocycles. The van der Waals surface area contributed by atoms with Gasteiger partial charge in [-0.3, -0.25) is 4.79 Å². The molecule has 0 spiro atoms. The van der Waals surface area contributed by atoms with Gasteiger partial charge in [-0.05, 0) is 28.9 Å². The molecule has 0 saturated carbocycles. The Morgan fingerprint density at radius 3 is 2.78 bits per heavy atom. The second-order valence-corrected chi connectivity index (χ2v) is 5.97. The SMILES string of the molecule is CCNc1ncc(Br)cc1S(=O)(=O)NCC(N)=O. The normalized spacial score (nSPS) is 11.2. The van der Waals surface area contributed by atoms with Gasteiger partial charge in [0.05, 0.1) is 6.54 Å². The monoisotopic (exact) mass is 336 g/mol. The Balaban J connectivity index is 3.13. The maximum absolute atomic E-state index is 12.0. The van der Waals surface area contributed by atoms with Crippen LogP contribution in [0.15, 0.2) is 21.6 Å². The molecule has 0 bridgehead atoms. The van der Waals surface area contributed by atoms with E-state index in [1.54, 1.807) is 0 Å². The van der Waals surface area contributed by atoms with E-state index in [1.165, 1.54) is 12.3 Å². The number of nitrogens with one attached hydrogen (secondary N) is 2. The van der Waals surface area contributed by atoms with Gasteiger partial charge < -0.3 is 11.1 Å². The largest absolute Gasteiger partial charge is 0.369 e. The van der Waals surface area contributed by atoms with E-state index in [-0.39, 0.29) is 10.7 Å². The van der Waals surface area contributed by atoms with Crippen LogP contribution in [0.2, 0.25) is 0 Å². The molecular weight excluding hydrogens is 324 g/mol. The number of nitrogens with zero attached hydrogens (tertiary/aromatic N) is 1. The van der Waals surface area contributed by atoms with Gasteiger partial charge in [-0.2, -0.15) is 0 Å². The molecule has 4 N–H and O–H groups in total. The number of primary amides is 1. The van der Waals surface area contributed by atoms with Crippen LogP contribution in [0, 0.1) is 0 Å². The number of aromatic nitrogens is 1. The molecule has 0 unspecified atom stereocenters. The van der Waals surface area contributed by atoms with Crippen molar-refractivity contribution in [3.05, 3.63) is 16.7 Å². The lowest BCUT2D eigenvalue weighted by molar-refractivity contribution is -0.116. The highest BCUT2D eigenvalue weighted by Gasteiger charge is 2.20. The van der Waals surface area contributed by atoms with E-state index in [4.69, 9.17) is 5.73 Å². The van der Waals surface area contributed by atoms with Gasteiger partial charge in [-0.15, -0.1) is 0 Å². The molecule has 1 rings (SSSR count). The molecule has 9 heteroatoms. The summed E-state index contributed by atoms with van der Waals surface area (Å²) in [5, 5.41) is 2.83. The Bertz CT molecular complexity index is 547. The second-order valence-electron chi connectivity index (χ2n) is 3.32. The summed E-state index contributed by atoms with van der Waals surface area (Å²) in [7, 11) is -3.84. The van der Waals surface area contributed by atoms with Gasteiger partial charge in [-0.1, -0.05) is 0 Å². The number of carbonyl (C=O) groups excluding carboxylic acids is 1. The molecule has 0 saturated heterocycles. The summed E-state index contributed by atoms with van der Waals surface area (Å²) in [5.41, 5.74) is 4.90. The third-order valence-electron chi connectivity index (χ3n) is 1.89. The molecule has 0 aliphatic rings. The first kappa shape index (κ1) is 14.9. The number of carbonyl (C=O) groups is 1. The highest BCUT2D eigenvalue weighted by molar-refractivity contribution is 9.10. The molecule has 1 aromatic heterocycles. The van der Waals surface area contributed by atoms with Crippen molar-refractivity contribution in [1.82, 2.24) is 9.71 Å². The van der Waals surface area contributed by atoms with Crippen LogP contribution in [0.5, 0.6) is 0 Å². The lowest BCUT2D eigenvalue weighted by Gasteiger charge is -2.11. The number of anilines is 1. The third-order valence-corrected chi connectivity index (χ3v) is 3.74. The average molecular weight is 337 g/mol. The Hall–Kier alpha value is -1.19. The van der Waals surface area contributed by atoms with E-state index in [0.29, 0.717) is 11.0 Å². The summed E-state index contributed by atoms with van der Waals surface area (Å²) in [5.74, 6) is -0.538. The van der Waals surface area contributed by atoms with Crippen molar-refractivity contribution in [3.8, 4) is 0 Å². The van der Waals surface area contributed by atoms with Crippen molar-refractivity contribution in [3.63, 3.8) is 0 Å². The van der Waals surface area contributed by atoms with E-state index in [1.807, 2.05) is 6.92 Å². The molecule has 1 heterocycles. The average Bonchev–Trinajstić information content (AvgIpc) is 2.29. The topological polar surface area (TPSA) is 114 Å². The number of pyridine rings is 1. The van der Waals surface area contributed by atoms with Crippen molar-refractivity contribution in [1.29, 1.82) is 0 Å². The summed E-state index contributed by atoms with van der Waals surface area (Å²) < 4.78 is 26.5. The number of halogens is 1. The van der Waals surface area contributed by atoms with Crippen LogP contribution in [0.3, 0.4) is 0 Å². The van der Waals surface area contributed by atoms with Gasteiger partial charge in [0.2, 0.25) is 15.9 Å². The van der Waals surface area contributed by atoms with Gasteiger partial charge in [0.1, 0.15) is 10.7 Å². The van der Waals surface area contributed by atoms with Crippen LogP contribution < -0.4 is 15.8 Å². The van der Waals surface area contributed by atoms with Crippen molar-refractivity contribution >= 4 is 37.7 Å². The Labute approximate surface area is 113 Å². The minimum absolute atomic E-state index is 0.0417. The predicted molar refractivity (Wildman–Crippen MR) is 70.5 cm³/mol. The minimum Gasteiger partial charge on any atom is -0.369 e. The summed E-state index contributed by atoms with van der Waals surface area (Å²) in [4.78, 5) is 14.5. The van der Waals surface area contributed by atoms with Crippen LogP contribution in [0.4, 0.5) is 5.82 Å². The molecule has 0 aliphatic heterocycles. The Kier molecular flexibility index (Phi) is 5.05. The van der Waals surface area contributed by atoms with Crippen LogP contribution in [-0.2, 0) is 14.8 Å². The second kappa shape index (κ2) is 6.12. The summed E-state index contributed by atoms with van der Waals surface area (Å²) in [6.45, 7) is 1.88. The molecule has 100 valence electrons. The lowest BCUT2D eigenvalue weighted by atomic mass is 10.4. The maximum atomic E-state index is 12.0. The number of nitrogens with two attached hydrogens (primary N) is 1. The van der Waals surface area contributed by atoms with Crippen molar-refractivity contribution in [2.75, 3.05) is 18.4 Å². The fraction of sp³-hybridized carbons (Fsp3) is 0.333. The molecule has 7 nitrogen and oxygen atoms in total. The third kappa shape index (κ3) is 3.93. The zero-order valence-electron chi connectivity index (χ0n) is 9.60. The number of amides is 1. The number of rotatable bonds is 6. The van der Waals surface area contributed by atoms with Crippen LogP contribution in [-0.4, -0.2) is 32.4 Å². The highest BCUT2D eigenvalue weighted by atomic mass is 79.9. The molecule has 1 amide bonds. The minimum atomic E-state index is -3.84. The zero-order valence-corrected chi connectivity index (χ0v) is 12.0. The van der Waals surface area contributed by atoms with Gasteiger partial charge in [0, 0.05) is 17.2 Å². The van der Waals surface area contributed by atoms with E-state index in [0.717, 1.165) is 0 Å². The first-order valence-electron chi connectivity index (χ1n) is 5.04. The quantitative estimate of drug-likeness (QED) is 0.678. The molecule has 1 aromatic rings. The fourth-order valence-electron chi connectivity index (χ4n) is 1.17. The van der Waals surface area contributed by atoms with E-state index in [9.17, 15) is 13.2 Å². The van der Waals surface area contributed by atoms with Crippen LogP contribution in [0.1, 0.15) is 6.92 Å². The zero-order chi connectivity index (χ0) is 13.8. The van der Waals surface area contributed by atoms with Gasteiger partial charge in [0.15, 0.2) is 0 Å². The fourth-order valence-corrected chi connectivity index (χ4v) is 2.80. The van der Waals surface area contributed by atoms with Crippen molar-refractivity contribution in [2.24, 2.45) is 5.73 Å². The summed E-state index contributed by atoms with van der Waals surface area (Å²) in [6.07, 6.45) is 1.48. The van der Waals surface area contributed by atoms with Gasteiger partial charge >= 0.3 is 0 Å². The highest BCUT2D eigenvalue weighted by Crippen LogP contribution is 2.22. The molecule has 0 fully saturated rings. The Morgan fingerprint density at radius 2 is 2.22 bits per heavy atom. The molecule has 0 radical (unpaired) electrons. The molecule has 0 atom stereocenters. The predicted octanol–water partition coefficient (Wildman–Crippen LogP) is 0.0395. The smallest absolute Gasteiger partial charge is 0.244 e. The van der Waals surface area contributed by atoms with Crippen molar-refractivity contribution < 1.29 is 13.2 Å². The summed E-state index contributed by atoms with van der Waals surface area (Å²) in [6, 6.07) is 1.40. The van der Waals surface area contributed by atoms with Crippen molar-refractivity contribution in [2.45, 2.75) is 11.8 Å². The molecular formula is C9H13BrN4O3S. The van der Waals surface area contributed by atoms with Gasteiger partial charge in [0.25, 0.3) is 0 Å². The van der Waals surface area contributed by atoms with E-state index < -0.39 is 22.5 Å². The van der Waals surface area contributed by atoms with Crippen LogP contribution in [0.25, 0.3) is 0 Å². The number of hydrogen-bond acceptors (Lipinski definition) is 5. The first-order chi connectivity index (χ1) is 8.36. The first-order valence-corrected chi connectivity index (χ1v) is 7.32. The van der Waals surface area contributed by atoms with E-state index in [2.05, 4.69) is 31.0 Å². The standard InChI is InChI=1S/C9H13BrN4O3S/c1-2-12-9-7(3-6(10)4-13-9)18(16,17)14-5-8(11)15/h3-4,14H,2,5H2,1H3,(H2,11,15)(H,12,13). The molecule has 18 heavy (non-hydrogen) atoms. The summed E-state index contributed by atoms with van der Waals surface area (Å²) >= 11 is 3.15. The lowest BCUT2D eigenvalue weighted by Crippen LogP contribution is -2.33. The maximum Gasteiger partial charge on any atom is 0.244 e. The van der Waals surface area contributed by atoms with Gasteiger partial charge in [-0.25, -0.2) is 18.1 Å². The Morgan fingerprint density at radius 1 is 1.56 bits per heavy atom. The van der Waals surface area contributed by atoms with E-state index >= 15 is 0 Å². The molecule has 0 aromatic carbocycles. The van der Waals surface area contributed by atoms with Crippen LogP contribution >= 0.6 is 15.9 Å². The number of hydrogen-bond donors (Lipinski definition) is 3. The number of sulfonamides is 1.